The summed E-state index contributed by atoms with van der Waals surface area (Å²) >= 11 is 3.33. The van der Waals surface area contributed by atoms with Crippen molar-refractivity contribution in [3.63, 3.8) is 0 Å². The quantitative estimate of drug-likeness (QED) is 0.668. The van der Waals surface area contributed by atoms with Gasteiger partial charge in [-0.15, -0.1) is 0 Å². The average molecular weight is 316 g/mol. The molecule has 0 unspecified atom stereocenters. The van der Waals surface area contributed by atoms with Gasteiger partial charge < -0.3 is 4.42 Å². The molecule has 0 bridgehead atoms. The number of hydrogen-bond donors (Lipinski definition) is 0. The van der Waals surface area contributed by atoms with Crippen LogP contribution < -0.4 is 0 Å². The van der Waals surface area contributed by atoms with Crippen LogP contribution in [-0.4, -0.2) is 10.8 Å². The van der Waals surface area contributed by atoms with Crippen LogP contribution in [0.3, 0.4) is 0 Å². The maximum atomic E-state index is 12.4. The van der Waals surface area contributed by atoms with E-state index in [9.17, 15) is 4.79 Å². The predicted octanol–water partition coefficient (Wildman–Crippen LogP) is 4.13. The zero-order chi connectivity index (χ0) is 13.4. The molecule has 0 spiro atoms. The number of furan rings is 1. The number of ketones is 1. The fraction of sp³-hybridized carbons (Fsp3) is 0.0667. The van der Waals surface area contributed by atoms with Gasteiger partial charge in [0.2, 0.25) is 5.78 Å². The van der Waals surface area contributed by atoms with Crippen molar-refractivity contribution in [3.05, 3.63) is 64.1 Å². The van der Waals surface area contributed by atoms with Crippen LogP contribution in [0.5, 0.6) is 0 Å². The third kappa shape index (κ3) is 2.08. The predicted molar refractivity (Wildman–Crippen MR) is 76.3 cm³/mol. The molecule has 0 saturated carbocycles. The molecular formula is C15H10BrNO2. The average Bonchev–Trinajstić information content (AvgIpc) is 2.84. The van der Waals surface area contributed by atoms with E-state index < -0.39 is 0 Å². The van der Waals surface area contributed by atoms with Crippen LogP contribution in [0.1, 0.15) is 21.8 Å². The Labute approximate surface area is 118 Å². The second kappa shape index (κ2) is 4.63. The van der Waals surface area contributed by atoms with Crippen LogP contribution in [-0.2, 0) is 0 Å². The van der Waals surface area contributed by atoms with Gasteiger partial charge >= 0.3 is 0 Å². The highest BCUT2D eigenvalue weighted by Gasteiger charge is 2.18. The fourth-order valence-corrected chi connectivity index (χ4v) is 2.43. The van der Waals surface area contributed by atoms with Crippen LogP contribution in [0.4, 0.5) is 0 Å². The number of halogens is 1. The van der Waals surface area contributed by atoms with Crippen LogP contribution in [0.15, 0.2) is 51.5 Å². The van der Waals surface area contributed by atoms with Crippen molar-refractivity contribution in [2.24, 2.45) is 0 Å². The lowest BCUT2D eigenvalue weighted by Gasteiger charge is -1.98. The van der Waals surface area contributed by atoms with Gasteiger partial charge in [-0.25, -0.2) is 0 Å². The van der Waals surface area contributed by atoms with Crippen molar-refractivity contribution in [1.82, 2.24) is 4.98 Å². The van der Waals surface area contributed by atoms with E-state index in [2.05, 4.69) is 20.9 Å². The molecule has 94 valence electrons. The van der Waals surface area contributed by atoms with E-state index >= 15 is 0 Å². The van der Waals surface area contributed by atoms with Crippen LogP contribution in [0.2, 0.25) is 0 Å². The zero-order valence-electron chi connectivity index (χ0n) is 10.2. The number of benzene rings is 1. The van der Waals surface area contributed by atoms with Gasteiger partial charge in [-0.2, -0.15) is 0 Å². The summed E-state index contributed by atoms with van der Waals surface area (Å²) in [4.78, 5) is 16.5. The molecule has 0 radical (unpaired) electrons. The molecule has 1 aromatic carbocycles. The minimum atomic E-state index is -0.219. The summed E-state index contributed by atoms with van der Waals surface area (Å²) < 4.78 is 6.32. The molecule has 0 fully saturated rings. The largest absolute Gasteiger partial charge is 0.452 e. The number of carbonyl (C=O) groups is 1. The summed E-state index contributed by atoms with van der Waals surface area (Å²) in [6.07, 6.45) is 1.59. The number of pyridine rings is 1. The van der Waals surface area contributed by atoms with Crippen LogP contribution >= 0.6 is 15.9 Å². The van der Waals surface area contributed by atoms with Gasteiger partial charge in [0, 0.05) is 16.1 Å². The van der Waals surface area contributed by atoms with Crippen molar-refractivity contribution in [3.8, 4) is 0 Å². The number of hydrogen-bond acceptors (Lipinski definition) is 3. The molecule has 19 heavy (non-hydrogen) atoms. The van der Waals surface area contributed by atoms with Gasteiger partial charge in [-0.05, 0) is 46.6 Å². The Balaban J connectivity index is 2.12. The van der Waals surface area contributed by atoms with E-state index in [0.29, 0.717) is 15.9 Å². The molecule has 0 aliphatic rings. The number of fused-ring (bicyclic) bond motifs is 1. The van der Waals surface area contributed by atoms with Gasteiger partial charge in [0.25, 0.3) is 0 Å². The Morgan fingerprint density at radius 2 is 2.11 bits per heavy atom. The highest BCUT2D eigenvalue weighted by atomic mass is 79.9. The number of aryl methyl sites for hydroxylation is 1. The monoisotopic (exact) mass is 315 g/mol. The van der Waals surface area contributed by atoms with Crippen molar-refractivity contribution < 1.29 is 9.21 Å². The Morgan fingerprint density at radius 3 is 2.84 bits per heavy atom. The summed E-state index contributed by atoms with van der Waals surface area (Å²) in [5, 5.41) is 0.926. The molecule has 3 rings (SSSR count). The molecular weight excluding hydrogens is 306 g/mol. The first-order valence-electron chi connectivity index (χ1n) is 5.81. The molecule has 0 aliphatic carbocycles. The molecule has 0 saturated heterocycles. The molecule has 3 nitrogen and oxygen atoms in total. The molecule has 0 atom stereocenters. The standard InChI is InChI=1S/C15H10BrNO2/c1-9-4-2-5-10-8-12(19-15(9)10)14(18)13-11(16)6-3-7-17-13/h2-8H,1H3. The Hall–Kier alpha value is -1.94. The third-order valence-electron chi connectivity index (χ3n) is 2.94. The topological polar surface area (TPSA) is 43.1 Å². The normalized spacial score (nSPS) is 10.8. The second-order valence-corrected chi connectivity index (χ2v) is 5.12. The SMILES string of the molecule is Cc1cccc2cc(C(=O)c3ncccc3Br)oc12. The van der Waals surface area contributed by atoms with Gasteiger partial charge in [0.1, 0.15) is 11.3 Å². The number of carbonyl (C=O) groups excluding carboxylic acids is 1. The van der Waals surface area contributed by atoms with E-state index in [1.54, 1.807) is 24.4 Å². The summed E-state index contributed by atoms with van der Waals surface area (Å²) in [6, 6.07) is 11.1. The lowest BCUT2D eigenvalue weighted by molar-refractivity contribution is 0.101. The molecule has 2 heterocycles. The van der Waals surface area contributed by atoms with E-state index in [0.717, 1.165) is 16.5 Å². The van der Waals surface area contributed by atoms with E-state index in [-0.39, 0.29) is 5.78 Å². The highest BCUT2D eigenvalue weighted by Crippen LogP contribution is 2.25. The maximum absolute atomic E-state index is 12.4. The summed E-state index contributed by atoms with van der Waals surface area (Å²) in [5.74, 6) is 0.0896. The second-order valence-electron chi connectivity index (χ2n) is 4.27. The Morgan fingerprint density at radius 1 is 1.26 bits per heavy atom. The summed E-state index contributed by atoms with van der Waals surface area (Å²) in [6.45, 7) is 1.96. The number of nitrogens with zero attached hydrogens (tertiary/aromatic N) is 1. The molecule has 0 N–H and O–H groups in total. The minimum absolute atomic E-state index is 0.219. The lowest BCUT2D eigenvalue weighted by atomic mass is 10.1. The van der Waals surface area contributed by atoms with Gasteiger partial charge in [-0.3, -0.25) is 9.78 Å². The Kier molecular flexibility index (Phi) is 2.95. The number of para-hydroxylation sites is 1. The first kappa shape index (κ1) is 12.1. The van der Waals surface area contributed by atoms with Crippen molar-refractivity contribution in [2.45, 2.75) is 6.92 Å². The first-order chi connectivity index (χ1) is 9.16. The van der Waals surface area contributed by atoms with Gasteiger partial charge in [-0.1, -0.05) is 18.2 Å². The van der Waals surface area contributed by atoms with Crippen LogP contribution in [0.25, 0.3) is 11.0 Å². The molecule has 3 aromatic rings. The zero-order valence-corrected chi connectivity index (χ0v) is 11.8. The molecule has 0 aliphatic heterocycles. The van der Waals surface area contributed by atoms with E-state index in [4.69, 9.17) is 4.42 Å². The fourth-order valence-electron chi connectivity index (χ4n) is 1.99. The molecule has 4 heteroatoms. The maximum Gasteiger partial charge on any atom is 0.247 e. The highest BCUT2D eigenvalue weighted by molar-refractivity contribution is 9.10. The molecule has 2 aromatic heterocycles. The first-order valence-corrected chi connectivity index (χ1v) is 6.60. The third-order valence-corrected chi connectivity index (χ3v) is 3.58. The van der Waals surface area contributed by atoms with E-state index in [1.165, 1.54) is 0 Å². The summed E-state index contributed by atoms with van der Waals surface area (Å²) in [5.41, 5.74) is 2.12. The number of rotatable bonds is 2. The summed E-state index contributed by atoms with van der Waals surface area (Å²) in [7, 11) is 0. The number of aromatic nitrogens is 1. The molecule has 0 amide bonds. The smallest absolute Gasteiger partial charge is 0.247 e. The Bertz CT molecular complexity index is 777. The van der Waals surface area contributed by atoms with Crippen molar-refractivity contribution >= 4 is 32.7 Å². The van der Waals surface area contributed by atoms with Gasteiger partial charge in [0.05, 0.1) is 0 Å². The minimum Gasteiger partial charge on any atom is -0.452 e. The van der Waals surface area contributed by atoms with Crippen molar-refractivity contribution in [2.75, 3.05) is 0 Å². The van der Waals surface area contributed by atoms with Crippen molar-refractivity contribution in [1.29, 1.82) is 0 Å². The van der Waals surface area contributed by atoms with Crippen LogP contribution in [0, 0.1) is 6.92 Å². The van der Waals surface area contributed by atoms with Gasteiger partial charge in [0.15, 0.2) is 5.76 Å². The van der Waals surface area contributed by atoms with E-state index in [1.807, 2.05) is 25.1 Å². The lowest BCUT2D eigenvalue weighted by Crippen LogP contribution is -2.03.